The van der Waals surface area contributed by atoms with E-state index < -0.39 is 12.0 Å². The Kier molecular flexibility index (Phi) is 5.49. The largest absolute Gasteiger partial charge is 0.373 e. The molecule has 4 heterocycles. The second-order valence-corrected chi connectivity index (χ2v) is 9.19. The van der Waals surface area contributed by atoms with Crippen LogP contribution in [0.15, 0.2) is 55.1 Å². The molecule has 1 aliphatic heterocycles. The zero-order chi connectivity index (χ0) is 22.2. The normalized spacial score (nSPS) is 18.0. The molecular weight excluding hydrogens is 425 g/mol. The van der Waals surface area contributed by atoms with Crippen LogP contribution in [-0.4, -0.2) is 38.5 Å². The van der Waals surface area contributed by atoms with Crippen LogP contribution in [0.4, 0.5) is 4.39 Å². The summed E-state index contributed by atoms with van der Waals surface area (Å²) in [6, 6.07) is 12.5. The fourth-order valence-corrected chi connectivity index (χ4v) is 5.44. The number of aliphatic hydroxyl groups is 1. The van der Waals surface area contributed by atoms with E-state index in [0.29, 0.717) is 12.1 Å². The lowest BCUT2D eigenvalue weighted by atomic mass is 10.0. The fraction of sp³-hybridized carbons (Fsp3) is 0.250. The third-order valence-corrected chi connectivity index (χ3v) is 7.14. The van der Waals surface area contributed by atoms with E-state index in [2.05, 4.69) is 4.98 Å². The summed E-state index contributed by atoms with van der Waals surface area (Å²) in [6.07, 6.45) is 6.57. The number of hydrogen-bond acceptors (Lipinski definition) is 6. The number of nitriles is 1. The van der Waals surface area contributed by atoms with E-state index in [4.69, 9.17) is 11.0 Å². The van der Waals surface area contributed by atoms with Crippen LogP contribution in [-0.2, 0) is 0 Å². The maximum atomic E-state index is 14.4. The number of rotatable bonds is 4. The maximum absolute atomic E-state index is 14.4. The number of hydrogen-bond donors (Lipinski definition) is 2. The first-order chi connectivity index (χ1) is 15.5. The molecule has 3 aromatic heterocycles. The minimum Gasteiger partial charge on any atom is -0.373 e. The lowest BCUT2D eigenvalue weighted by Gasteiger charge is -2.33. The van der Waals surface area contributed by atoms with Crippen molar-refractivity contribution in [3.63, 3.8) is 0 Å². The predicted octanol–water partition coefficient (Wildman–Crippen LogP) is 4.15. The molecular formula is C24H22FN5OS. The number of nitrogens with two attached hydrogens (primary N) is 1. The van der Waals surface area contributed by atoms with Gasteiger partial charge < -0.3 is 15.2 Å². The van der Waals surface area contributed by atoms with Crippen LogP contribution in [0.5, 0.6) is 0 Å². The van der Waals surface area contributed by atoms with Crippen molar-refractivity contribution in [2.45, 2.75) is 25.1 Å². The van der Waals surface area contributed by atoms with Crippen LogP contribution in [0.3, 0.4) is 0 Å². The number of likely N-dealkylation sites (tertiary alicyclic amines) is 1. The molecule has 2 atom stereocenters. The lowest BCUT2D eigenvalue weighted by molar-refractivity contribution is -0.0118. The van der Waals surface area contributed by atoms with Crippen molar-refractivity contribution in [3.05, 3.63) is 71.4 Å². The van der Waals surface area contributed by atoms with Gasteiger partial charge in [0.15, 0.2) is 0 Å². The van der Waals surface area contributed by atoms with Crippen LogP contribution < -0.4 is 5.73 Å². The quantitative estimate of drug-likeness (QED) is 0.490. The summed E-state index contributed by atoms with van der Waals surface area (Å²) in [5.74, 6) is -0.558. The Morgan fingerprint density at radius 1 is 1.25 bits per heavy atom. The zero-order valence-electron chi connectivity index (χ0n) is 17.3. The highest BCUT2D eigenvalue weighted by molar-refractivity contribution is 7.16. The average molecular weight is 448 g/mol. The van der Waals surface area contributed by atoms with E-state index in [-0.39, 0.29) is 11.6 Å². The summed E-state index contributed by atoms with van der Waals surface area (Å²) in [4.78, 5) is 7.87. The van der Waals surface area contributed by atoms with Crippen molar-refractivity contribution in [1.82, 2.24) is 14.3 Å². The Morgan fingerprint density at radius 2 is 2.12 bits per heavy atom. The van der Waals surface area contributed by atoms with Gasteiger partial charge in [-0.3, -0.25) is 4.90 Å². The van der Waals surface area contributed by atoms with Crippen molar-refractivity contribution in [3.8, 4) is 27.6 Å². The highest BCUT2D eigenvalue weighted by Crippen LogP contribution is 2.43. The number of thiophene rings is 1. The second-order valence-electron chi connectivity index (χ2n) is 8.11. The molecule has 0 aliphatic carbocycles. The summed E-state index contributed by atoms with van der Waals surface area (Å²) in [6.45, 7) is 1.42. The molecule has 1 fully saturated rings. The van der Waals surface area contributed by atoms with Crippen LogP contribution in [0, 0.1) is 17.1 Å². The second kappa shape index (κ2) is 8.45. The molecule has 0 spiro atoms. The van der Waals surface area contributed by atoms with Gasteiger partial charge in [-0.05, 0) is 54.3 Å². The zero-order valence-corrected chi connectivity index (χ0v) is 18.1. The van der Waals surface area contributed by atoms with E-state index >= 15 is 0 Å². The van der Waals surface area contributed by atoms with Crippen LogP contribution in [0.25, 0.3) is 27.1 Å². The third-order valence-electron chi connectivity index (χ3n) is 5.92. The highest BCUT2D eigenvalue weighted by Gasteiger charge is 2.26. The summed E-state index contributed by atoms with van der Waals surface area (Å²) in [5, 5.41) is 20.2. The molecule has 3 N–H and O–H groups in total. The van der Waals surface area contributed by atoms with Crippen LogP contribution >= 0.6 is 11.3 Å². The van der Waals surface area contributed by atoms with Crippen molar-refractivity contribution in [2.75, 3.05) is 13.1 Å². The summed E-state index contributed by atoms with van der Waals surface area (Å²) in [5.41, 5.74) is 9.50. The fourth-order valence-electron chi connectivity index (χ4n) is 4.24. The number of nitrogens with zero attached hydrogens (tertiary/aromatic N) is 4. The van der Waals surface area contributed by atoms with Gasteiger partial charge in [-0.25, -0.2) is 9.37 Å². The van der Waals surface area contributed by atoms with E-state index in [9.17, 15) is 9.50 Å². The number of benzene rings is 1. The van der Waals surface area contributed by atoms with Crippen molar-refractivity contribution in [1.29, 1.82) is 5.26 Å². The molecule has 32 heavy (non-hydrogen) atoms. The molecule has 0 radical (unpaired) electrons. The van der Waals surface area contributed by atoms with Gasteiger partial charge in [0.2, 0.25) is 0 Å². The van der Waals surface area contributed by atoms with E-state index in [0.717, 1.165) is 45.8 Å². The molecule has 0 bridgehead atoms. The number of aromatic nitrogens is 2. The van der Waals surface area contributed by atoms with Gasteiger partial charge in [-0.1, -0.05) is 6.07 Å². The van der Waals surface area contributed by atoms with E-state index in [1.807, 2.05) is 39.8 Å². The molecule has 0 saturated carbocycles. The first-order valence-electron chi connectivity index (χ1n) is 10.5. The molecule has 162 valence electrons. The Morgan fingerprint density at radius 3 is 2.91 bits per heavy atom. The van der Waals surface area contributed by atoms with Gasteiger partial charge in [0.1, 0.15) is 18.1 Å². The predicted molar refractivity (Wildman–Crippen MR) is 122 cm³/mol. The van der Waals surface area contributed by atoms with Gasteiger partial charge in [0, 0.05) is 40.6 Å². The lowest BCUT2D eigenvalue weighted by Crippen LogP contribution is -2.44. The first-order valence-corrected chi connectivity index (χ1v) is 11.3. The number of pyridine rings is 1. The van der Waals surface area contributed by atoms with Gasteiger partial charge in [-0.2, -0.15) is 5.26 Å². The molecule has 1 aromatic carbocycles. The monoisotopic (exact) mass is 447 g/mol. The molecule has 2 unspecified atom stereocenters. The minimum absolute atomic E-state index is 0.00812. The Balaban J connectivity index is 1.61. The number of piperidine rings is 1. The molecule has 6 nitrogen and oxygen atoms in total. The first kappa shape index (κ1) is 20.8. The number of fused-ring (bicyclic) bond motifs is 1. The SMILES string of the molecule is N#Cc1ccc(-c2cc(C(O)N3CCCC(N)C3)sc2-c2ccn3cncc3c2)cc1F. The molecule has 0 amide bonds. The molecule has 4 aromatic rings. The topological polar surface area (TPSA) is 90.6 Å². The number of aliphatic hydroxyl groups excluding tert-OH is 1. The third kappa shape index (κ3) is 3.80. The molecule has 8 heteroatoms. The molecule has 5 rings (SSSR count). The maximum Gasteiger partial charge on any atom is 0.142 e. The average Bonchev–Trinajstić information content (AvgIpc) is 3.45. The van der Waals surface area contributed by atoms with Crippen molar-refractivity contribution >= 4 is 16.9 Å². The minimum atomic E-state index is -0.777. The van der Waals surface area contributed by atoms with Crippen molar-refractivity contribution in [2.24, 2.45) is 5.73 Å². The van der Waals surface area contributed by atoms with Gasteiger partial charge in [-0.15, -0.1) is 11.3 Å². The summed E-state index contributed by atoms with van der Waals surface area (Å²) in [7, 11) is 0. The Bertz CT molecular complexity index is 1320. The van der Waals surface area contributed by atoms with Gasteiger partial charge in [0.25, 0.3) is 0 Å². The summed E-state index contributed by atoms with van der Waals surface area (Å²) < 4.78 is 16.4. The van der Waals surface area contributed by atoms with E-state index in [1.165, 1.54) is 23.5 Å². The van der Waals surface area contributed by atoms with E-state index in [1.54, 1.807) is 18.6 Å². The standard InChI is InChI=1S/C24H22FN5OS/c25-21-9-15(3-4-17(21)11-26)20-10-22(24(31)29-6-1-2-18(27)13-29)32-23(20)16-5-7-30-14-28-12-19(30)8-16/h3-5,7-10,12,14,18,24,31H,1-2,6,13,27H2. The highest BCUT2D eigenvalue weighted by atomic mass is 32.1. The molecule has 1 saturated heterocycles. The number of imidazole rings is 1. The number of halogens is 1. The Labute approximate surface area is 189 Å². The van der Waals surface area contributed by atoms with Gasteiger partial charge in [0.05, 0.1) is 23.6 Å². The van der Waals surface area contributed by atoms with Crippen LogP contribution in [0.2, 0.25) is 0 Å². The molecule has 1 aliphatic rings. The summed E-state index contributed by atoms with van der Waals surface area (Å²) >= 11 is 1.49. The van der Waals surface area contributed by atoms with Crippen molar-refractivity contribution < 1.29 is 9.50 Å². The van der Waals surface area contributed by atoms with Crippen LogP contribution in [0.1, 0.15) is 29.5 Å². The van der Waals surface area contributed by atoms with Gasteiger partial charge >= 0.3 is 0 Å². The Hall–Kier alpha value is -3.09. The smallest absolute Gasteiger partial charge is 0.142 e.